The zero-order valence-corrected chi connectivity index (χ0v) is 12.3. The van der Waals surface area contributed by atoms with Gasteiger partial charge in [-0.25, -0.2) is 4.98 Å². The third kappa shape index (κ3) is 4.13. The Morgan fingerprint density at radius 1 is 1.29 bits per heavy atom. The van der Waals surface area contributed by atoms with Gasteiger partial charge in [0.25, 0.3) is 5.91 Å². The maximum absolute atomic E-state index is 12.2. The van der Waals surface area contributed by atoms with Crippen LogP contribution in [-0.2, 0) is 10.8 Å². The molecule has 0 saturated carbocycles. The van der Waals surface area contributed by atoms with Crippen molar-refractivity contribution in [2.75, 3.05) is 12.0 Å². The van der Waals surface area contributed by atoms with Gasteiger partial charge in [0.15, 0.2) is 5.69 Å². The fourth-order valence-electron chi connectivity index (χ4n) is 1.94. The number of rotatable bonds is 5. The highest BCUT2D eigenvalue weighted by atomic mass is 32.2. The average Bonchev–Trinajstić information content (AvgIpc) is 2.47. The van der Waals surface area contributed by atoms with Gasteiger partial charge in [-0.1, -0.05) is 30.3 Å². The molecule has 2 atom stereocenters. The molecule has 0 unspecified atom stereocenters. The first-order valence-corrected chi connectivity index (χ1v) is 8.10. The number of nitrogens with zero attached hydrogens (tertiary/aromatic N) is 1. The van der Waals surface area contributed by atoms with E-state index in [1.54, 1.807) is 12.3 Å². The number of amides is 1. The molecule has 6 heteroatoms. The monoisotopic (exact) mass is 304 g/mol. The minimum Gasteiger partial charge on any atom is -0.505 e. The molecule has 0 aliphatic carbocycles. The summed E-state index contributed by atoms with van der Waals surface area (Å²) in [5.74, 6) is -0.379. The molecule has 1 heterocycles. The van der Waals surface area contributed by atoms with E-state index in [4.69, 9.17) is 0 Å². The van der Waals surface area contributed by atoms with Crippen molar-refractivity contribution >= 4 is 16.7 Å². The first-order valence-electron chi connectivity index (χ1n) is 6.37. The lowest BCUT2D eigenvalue weighted by atomic mass is 10.1. The molecule has 1 aromatic heterocycles. The van der Waals surface area contributed by atoms with Gasteiger partial charge in [0.2, 0.25) is 0 Å². The number of hydrogen-bond acceptors (Lipinski definition) is 4. The Balaban J connectivity index is 2.21. The van der Waals surface area contributed by atoms with Crippen molar-refractivity contribution in [3.05, 3.63) is 59.9 Å². The summed E-state index contributed by atoms with van der Waals surface area (Å²) in [5.41, 5.74) is 0.816. The largest absolute Gasteiger partial charge is 0.505 e. The molecule has 1 amide bonds. The van der Waals surface area contributed by atoms with Gasteiger partial charge in [0, 0.05) is 29.0 Å². The smallest absolute Gasteiger partial charge is 0.274 e. The first kappa shape index (κ1) is 15.2. The van der Waals surface area contributed by atoms with Gasteiger partial charge in [0.1, 0.15) is 5.75 Å². The van der Waals surface area contributed by atoms with E-state index >= 15 is 0 Å². The number of carbonyl (C=O) groups is 1. The molecule has 0 radical (unpaired) electrons. The van der Waals surface area contributed by atoms with E-state index in [0.29, 0.717) is 5.75 Å². The van der Waals surface area contributed by atoms with Crippen molar-refractivity contribution in [1.82, 2.24) is 10.3 Å². The predicted molar refractivity (Wildman–Crippen MR) is 81.5 cm³/mol. The Morgan fingerprint density at radius 2 is 2.00 bits per heavy atom. The summed E-state index contributed by atoms with van der Waals surface area (Å²) in [6, 6.07) is 11.8. The van der Waals surface area contributed by atoms with Crippen LogP contribution in [0, 0.1) is 0 Å². The molecule has 2 rings (SSSR count). The van der Waals surface area contributed by atoms with Gasteiger partial charge >= 0.3 is 0 Å². The van der Waals surface area contributed by atoms with Crippen molar-refractivity contribution in [1.29, 1.82) is 0 Å². The van der Waals surface area contributed by atoms with E-state index in [0.717, 1.165) is 5.56 Å². The van der Waals surface area contributed by atoms with Gasteiger partial charge in [-0.2, -0.15) is 0 Å². The Hall–Kier alpha value is -2.21. The van der Waals surface area contributed by atoms with Crippen LogP contribution in [0.15, 0.2) is 48.7 Å². The molecule has 5 nitrogen and oxygen atoms in total. The van der Waals surface area contributed by atoms with Gasteiger partial charge in [-0.05, 0) is 17.7 Å². The van der Waals surface area contributed by atoms with Crippen LogP contribution >= 0.6 is 0 Å². The van der Waals surface area contributed by atoms with Gasteiger partial charge < -0.3 is 10.4 Å². The number of pyridine rings is 1. The second-order valence-electron chi connectivity index (χ2n) is 4.55. The zero-order chi connectivity index (χ0) is 15.2. The third-order valence-electron chi connectivity index (χ3n) is 2.91. The molecule has 21 heavy (non-hydrogen) atoms. The van der Waals surface area contributed by atoms with Crippen LogP contribution in [0.3, 0.4) is 0 Å². The number of nitrogens with one attached hydrogen (secondary N) is 1. The lowest BCUT2D eigenvalue weighted by molar-refractivity contribution is 0.0932. The maximum Gasteiger partial charge on any atom is 0.274 e. The second-order valence-corrected chi connectivity index (χ2v) is 6.03. The minimum absolute atomic E-state index is 0.0414. The van der Waals surface area contributed by atoms with Gasteiger partial charge in [-0.15, -0.1) is 0 Å². The van der Waals surface area contributed by atoms with E-state index in [1.807, 2.05) is 30.3 Å². The van der Waals surface area contributed by atoms with Crippen molar-refractivity contribution < 1.29 is 14.1 Å². The standard InChI is InChI=1S/C15H16N2O3S/c1-21(20)10-12(11-6-3-2-4-7-11)17-15(19)14-13(18)8-5-9-16-14/h2-9,12,18H,10H2,1H3,(H,17,19)/t12-,21-/m0/s1. The lowest BCUT2D eigenvalue weighted by Crippen LogP contribution is -2.32. The van der Waals surface area contributed by atoms with E-state index in [2.05, 4.69) is 10.3 Å². The van der Waals surface area contributed by atoms with E-state index in [-0.39, 0.29) is 11.4 Å². The van der Waals surface area contributed by atoms with Crippen molar-refractivity contribution in [3.8, 4) is 5.75 Å². The Morgan fingerprint density at radius 3 is 2.62 bits per heavy atom. The van der Waals surface area contributed by atoms with E-state index in [1.165, 1.54) is 12.3 Å². The Labute approximate surface area is 125 Å². The molecular weight excluding hydrogens is 288 g/mol. The highest BCUT2D eigenvalue weighted by Gasteiger charge is 2.19. The van der Waals surface area contributed by atoms with Crippen molar-refractivity contribution in [2.45, 2.75) is 6.04 Å². The number of aromatic nitrogens is 1. The maximum atomic E-state index is 12.2. The molecule has 0 bridgehead atoms. The average molecular weight is 304 g/mol. The van der Waals surface area contributed by atoms with Crippen LogP contribution in [0.2, 0.25) is 0 Å². The van der Waals surface area contributed by atoms with Crippen LogP contribution in [0.5, 0.6) is 5.75 Å². The molecule has 110 valence electrons. The summed E-state index contributed by atoms with van der Waals surface area (Å²) in [6.07, 6.45) is 3.02. The highest BCUT2D eigenvalue weighted by Crippen LogP contribution is 2.17. The predicted octanol–water partition coefficient (Wildman–Crippen LogP) is 1.64. The lowest BCUT2D eigenvalue weighted by Gasteiger charge is -2.18. The van der Waals surface area contributed by atoms with Crippen molar-refractivity contribution in [2.24, 2.45) is 0 Å². The fourth-order valence-corrected chi connectivity index (χ4v) is 2.68. The summed E-state index contributed by atoms with van der Waals surface area (Å²) in [5, 5.41) is 12.4. The number of carbonyl (C=O) groups excluding carboxylic acids is 1. The number of benzene rings is 1. The second kappa shape index (κ2) is 6.99. The molecule has 0 spiro atoms. The van der Waals surface area contributed by atoms with Crippen LogP contribution in [0.4, 0.5) is 0 Å². The number of aromatic hydroxyl groups is 1. The van der Waals surface area contributed by atoms with Crippen LogP contribution in [0.25, 0.3) is 0 Å². The van der Waals surface area contributed by atoms with Crippen LogP contribution in [-0.4, -0.2) is 32.2 Å². The number of hydrogen-bond donors (Lipinski definition) is 2. The van der Waals surface area contributed by atoms with E-state index in [9.17, 15) is 14.1 Å². The molecule has 2 N–H and O–H groups in total. The molecular formula is C15H16N2O3S. The topological polar surface area (TPSA) is 79.3 Å². The summed E-state index contributed by atoms with van der Waals surface area (Å²) >= 11 is 0. The zero-order valence-electron chi connectivity index (χ0n) is 11.5. The Bertz CT molecular complexity index is 646. The summed E-state index contributed by atoms with van der Waals surface area (Å²) < 4.78 is 11.5. The van der Waals surface area contributed by atoms with Crippen LogP contribution < -0.4 is 5.32 Å². The summed E-state index contributed by atoms with van der Waals surface area (Å²) in [7, 11) is -1.07. The quantitative estimate of drug-likeness (QED) is 0.880. The molecule has 1 aromatic carbocycles. The Kier molecular flexibility index (Phi) is 5.05. The normalized spacial score (nSPS) is 13.4. The minimum atomic E-state index is -1.07. The first-order chi connectivity index (χ1) is 10.1. The molecule has 0 aliphatic heterocycles. The van der Waals surface area contributed by atoms with Crippen molar-refractivity contribution in [3.63, 3.8) is 0 Å². The summed E-state index contributed by atoms with van der Waals surface area (Å²) in [6.45, 7) is 0. The highest BCUT2D eigenvalue weighted by molar-refractivity contribution is 7.84. The molecule has 0 saturated heterocycles. The van der Waals surface area contributed by atoms with Gasteiger partial charge in [0.05, 0.1) is 6.04 Å². The molecule has 2 aromatic rings. The SMILES string of the molecule is C[S@](=O)C[C@H](NC(=O)c1ncccc1O)c1ccccc1. The van der Waals surface area contributed by atoms with Gasteiger partial charge in [-0.3, -0.25) is 9.00 Å². The third-order valence-corrected chi connectivity index (χ3v) is 3.71. The van der Waals surface area contributed by atoms with Crippen LogP contribution in [0.1, 0.15) is 22.1 Å². The molecule has 0 fully saturated rings. The molecule has 0 aliphatic rings. The van der Waals surface area contributed by atoms with E-state index < -0.39 is 22.7 Å². The summed E-state index contributed by atoms with van der Waals surface area (Å²) in [4.78, 5) is 16.1. The fraction of sp³-hybridized carbons (Fsp3) is 0.200.